The topological polar surface area (TPSA) is 41.4 Å². The highest BCUT2D eigenvalue weighted by Gasteiger charge is 2.24. The fourth-order valence-corrected chi connectivity index (χ4v) is 3.67. The molecule has 134 valence electrons. The maximum absolute atomic E-state index is 12.7. The molecule has 25 heavy (non-hydrogen) atoms. The molecule has 5 nitrogen and oxygen atoms in total. The Bertz CT molecular complexity index is 680. The van der Waals surface area contributed by atoms with Gasteiger partial charge in [0.15, 0.2) is 0 Å². The molecule has 0 aliphatic carbocycles. The maximum atomic E-state index is 12.7. The SMILES string of the molecule is CCCC(CC(=O)N1CCN(c2ccccc2Cl)CC1)n1ccnc1. The van der Waals surface area contributed by atoms with Crippen molar-refractivity contribution in [3.8, 4) is 0 Å². The number of piperazine rings is 1. The van der Waals surface area contributed by atoms with Crippen LogP contribution in [0.15, 0.2) is 43.0 Å². The summed E-state index contributed by atoms with van der Waals surface area (Å²) in [4.78, 5) is 21.1. The minimum absolute atomic E-state index is 0.196. The molecular weight excluding hydrogens is 336 g/mol. The lowest BCUT2D eigenvalue weighted by Gasteiger charge is -2.37. The monoisotopic (exact) mass is 360 g/mol. The zero-order chi connectivity index (χ0) is 17.6. The van der Waals surface area contributed by atoms with Crippen molar-refractivity contribution in [2.75, 3.05) is 31.1 Å². The van der Waals surface area contributed by atoms with Gasteiger partial charge in [-0.25, -0.2) is 4.98 Å². The predicted octanol–water partition coefficient (Wildman–Crippen LogP) is 3.62. The third kappa shape index (κ3) is 4.34. The van der Waals surface area contributed by atoms with Gasteiger partial charge in [0.1, 0.15) is 0 Å². The van der Waals surface area contributed by atoms with Crippen molar-refractivity contribution in [2.45, 2.75) is 32.2 Å². The molecule has 2 heterocycles. The van der Waals surface area contributed by atoms with Gasteiger partial charge >= 0.3 is 0 Å². The molecule has 1 fully saturated rings. The summed E-state index contributed by atoms with van der Waals surface area (Å²) in [5.41, 5.74) is 1.05. The number of halogens is 1. The molecule has 0 radical (unpaired) electrons. The van der Waals surface area contributed by atoms with E-state index in [0.29, 0.717) is 6.42 Å². The Hall–Kier alpha value is -2.01. The molecule has 1 unspecified atom stereocenters. The van der Waals surface area contributed by atoms with E-state index in [-0.39, 0.29) is 11.9 Å². The van der Waals surface area contributed by atoms with Gasteiger partial charge in [-0.15, -0.1) is 0 Å². The molecule has 0 bridgehead atoms. The van der Waals surface area contributed by atoms with Crippen LogP contribution in [0.3, 0.4) is 0 Å². The van der Waals surface area contributed by atoms with Gasteiger partial charge in [-0.3, -0.25) is 4.79 Å². The molecule has 1 aromatic heterocycles. The highest BCUT2D eigenvalue weighted by atomic mass is 35.5. The van der Waals surface area contributed by atoms with Crippen molar-refractivity contribution in [2.24, 2.45) is 0 Å². The first-order valence-electron chi connectivity index (χ1n) is 8.93. The number of imidazole rings is 1. The highest BCUT2D eigenvalue weighted by Crippen LogP contribution is 2.26. The van der Waals surface area contributed by atoms with Crippen LogP contribution in [0.2, 0.25) is 5.02 Å². The van der Waals surface area contributed by atoms with E-state index in [1.807, 2.05) is 41.7 Å². The van der Waals surface area contributed by atoms with Crippen molar-refractivity contribution < 1.29 is 4.79 Å². The van der Waals surface area contributed by atoms with Crippen molar-refractivity contribution in [1.29, 1.82) is 0 Å². The fraction of sp³-hybridized carbons (Fsp3) is 0.474. The summed E-state index contributed by atoms with van der Waals surface area (Å²) < 4.78 is 2.06. The standard InChI is InChI=1S/C19H25ClN4O/c1-2-5-16(24-9-8-21-15-24)14-19(25)23-12-10-22(11-13-23)18-7-4-3-6-17(18)20/h3-4,6-9,15-16H,2,5,10-14H2,1H3. The molecule has 0 spiro atoms. The molecule has 3 rings (SSSR count). The van der Waals surface area contributed by atoms with E-state index in [2.05, 4.69) is 21.4 Å². The molecule has 2 aromatic rings. The van der Waals surface area contributed by atoms with Crippen molar-refractivity contribution >= 4 is 23.2 Å². The smallest absolute Gasteiger partial charge is 0.224 e. The highest BCUT2D eigenvalue weighted by molar-refractivity contribution is 6.33. The predicted molar refractivity (Wildman–Crippen MR) is 101 cm³/mol. The second-order valence-electron chi connectivity index (χ2n) is 6.48. The average Bonchev–Trinajstić information content (AvgIpc) is 3.16. The van der Waals surface area contributed by atoms with Crippen LogP contribution in [-0.4, -0.2) is 46.5 Å². The molecule has 0 N–H and O–H groups in total. The normalized spacial score (nSPS) is 16.1. The Kier molecular flexibility index (Phi) is 5.97. The van der Waals surface area contributed by atoms with Crippen LogP contribution in [-0.2, 0) is 4.79 Å². The quantitative estimate of drug-likeness (QED) is 0.790. The van der Waals surface area contributed by atoms with E-state index >= 15 is 0 Å². The summed E-state index contributed by atoms with van der Waals surface area (Å²) in [5.74, 6) is 0.228. The number of benzene rings is 1. The molecule has 1 aromatic carbocycles. The molecule has 1 aliphatic rings. The van der Waals surface area contributed by atoms with Crippen LogP contribution in [0.1, 0.15) is 32.2 Å². The Morgan fingerprint density at radius 3 is 2.64 bits per heavy atom. The first kappa shape index (κ1) is 17.8. The Balaban J connectivity index is 1.57. The van der Waals surface area contributed by atoms with Gasteiger partial charge in [-0.1, -0.05) is 37.1 Å². The third-order valence-corrected chi connectivity index (χ3v) is 5.12. The largest absolute Gasteiger partial charge is 0.367 e. The maximum Gasteiger partial charge on any atom is 0.224 e. The van der Waals surface area contributed by atoms with E-state index < -0.39 is 0 Å². The minimum atomic E-state index is 0.196. The van der Waals surface area contributed by atoms with Crippen LogP contribution in [0, 0.1) is 0 Å². The number of carbonyl (C=O) groups excluding carboxylic acids is 1. The van der Waals surface area contributed by atoms with Gasteiger partial charge in [0.05, 0.1) is 17.0 Å². The number of rotatable bonds is 6. The van der Waals surface area contributed by atoms with E-state index in [1.54, 1.807) is 6.20 Å². The molecule has 1 aliphatic heterocycles. The first-order chi connectivity index (χ1) is 12.2. The van der Waals surface area contributed by atoms with E-state index in [4.69, 9.17) is 11.6 Å². The summed E-state index contributed by atoms with van der Waals surface area (Å²) in [5, 5.41) is 0.769. The summed E-state index contributed by atoms with van der Waals surface area (Å²) in [6.45, 7) is 5.27. The van der Waals surface area contributed by atoms with Gasteiger partial charge < -0.3 is 14.4 Å². The minimum Gasteiger partial charge on any atom is -0.367 e. The van der Waals surface area contributed by atoms with E-state index in [0.717, 1.165) is 49.7 Å². The zero-order valence-corrected chi connectivity index (χ0v) is 15.4. The lowest BCUT2D eigenvalue weighted by Crippen LogP contribution is -2.49. The van der Waals surface area contributed by atoms with Crippen LogP contribution < -0.4 is 4.90 Å². The fourth-order valence-electron chi connectivity index (χ4n) is 3.41. The third-order valence-electron chi connectivity index (χ3n) is 4.80. The van der Waals surface area contributed by atoms with Crippen LogP contribution in [0.4, 0.5) is 5.69 Å². The number of hydrogen-bond acceptors (Lipinski definition) is 3. The molecule has 1 saturated heterocycles. The van der Waals surface area contributed by atoms with Gasteiger partial charge in [0, 0.05) is 51.0 Å². The van der Waals surface area contributed by atoms with Crippen LogP contribution in [0.5, 0.6) is 0 Å². The number of aromatic nitrogens is 2. The number of para-hydroxylation sites is 1. The molecular formula is C19H25ClN4O. The lowest BCUT2D eigenvalue weighted by atomic mass is 10.1. The van der Waals surface area contributed by atoms with Gasteiger partial charge in [0.25, 0.3) is 0 Å². The Labute approximate surface area is 154 Å². The molecule has 1 atom stereocenters. The van der Waals surface area contributed by atoms with Crippen molar-refractivity contribution in [3.05, 3.63) is 48.0 Å². The van der Waals surface area contributed by atoms with E-state index in [9.17, 15) is 4.79 Å². The summed E-state index contributed by atoms with van der Waals surface area (Å²) in [6.07, 6.45) is 8.11. The second kappa shape index (κ2) is 8.39. The summed E-state index contributed by atoms with van der Waals surface area (Å²) in [7, 11) is 0. The number of amides is 1. The molecule has 1 amide bonds. The number of hydrogen-bond donors (Lipinski definition) is 0. The summed E-state index contributed by atoms with van der Waals surface area (Å²) >= 11 is 6.29. The summed E-state index contributed by atoms with van der Waals surface area (Å²) in [6, 6.07) is 8.08. The number of anilines is 1. The Morgan fingerprint density at radius 1 is 1.24 bits per heavy atom. The average molecular weight is 361 g/mol. The number of nitrogens with zero attached hydrogens (tertiary/aromatic N) is 4. The van der Waals surface area contributed by atoms with Crippen molar-refractivity contribution in [1.82, 2.24) is 14.5 Å². The van der Waals surface area contributed by atoms with E-state index in [1.165, 1.54) is 0 Å². The number of carbonyl (C=O) groups is 1. The second-order valence-corrected chi connectivity index (χ2v) is 6.88. The first-order valence-corrected chi connectivity index (χ1v) is 9.31. The van der Waals surface area contributed by atoms with Gasteiger partial charge in [0.2, 0.25) is 5.91 Å². The zero-order valence-electron chi connectivity index (χ0n) is 14.6. The molecule has 0 saturated carbocycles. The lowest BCUT2D eigenvalue weighted by molar-refractivity contribution is -0.132. The van der Waals surface area contributed by atoms with Crippen LogP contribution >= 0.6 is 11.6 Å². The van der Waals surface area contributed by atoms with Crippen molar-refractivity contribution in [3.63, 3.8) is 0 Å². The van der Waals surface area contributed by atoms with Gasteiger partial charge in [-0.2, -0.15) is 0 Å². The van der Waals surface area contributed by atoms with Gasteiger partial charge in [-0.05, 0) is 18.6 Å². The molecule has 6 heteroatoms. The Morgan fingerprint density at radius 2 is 2.00 bits per heavy atom. The van der Waals surface area contributed by atoms with Crippen LogP contribution in [0.25, 0.3) is 0 Å².